The van der Waals surface area contributed by atoms with Crippen LogP contribution in [0.25, 0.3) is 11.0 Å². The number of nitrogens with zero attached hydrogens (tertiary/aromatic N) is 5. The summed E-state index contributed by atoms with van der Waals surface area (Å²) in [5.74, 6) is 1.84. The summed E-state index contributed by atoms with van der Waals surface area (Å²) in [7, 11) is 0. The van der Waals surface area contributed by atoms with Crippen molar-refractivity contribution in [3.05, 3.63) is 51.7 Å². The van der Waals surface area contributed by atoms with Crippen LogP contribution in [0.3, 0.4) is 0 Å². The SMILES string of the molecule is CCCn1c(CN2CCc3c(nc(N4CCCC4)[nH]c3=O)C2)nc2ccccc21. The van der Waals surface area contributed by atoms with E-state index >= 15 is 0 Å². The number of rotatable bonds is 5. The Morgan fingerprint density at radius 3 is 2.76 bits per heavy atom. The van der Waals surface area contributed by atoms with E-state index in [1.165, 1.54) is 18.4 Å². The van der Waals surface area contributed by atoms with Crippen LogP contribution in [-0.2, 0) is 26.1 Å². The Bertz CT molecular complexity index is 1080. The summed E-state index contributed by atoms with van der Waals surface area (Å²) >= 11 is 0. The Hall–Kier alpha value is -2.67. The van der Waals surface area contributed by atoms with Gasteiger partial charge in [0.1, 0.15) is 5.82 Å². The van der Waals surface area contributed by atoms with Gasteiger partial charge in [0.2, 0.25) is 5.95 Å². The third-order valence-corrected chi connectivity index (χ3v) is 6.09. The molecular weight excluding hydrogens is 364 g/mol. The summed E-state index contributed by atoms with van der Waals surface area (Å²) in [5.41, 5.74) is 4.08. The summed E-state index contributed by atoms with van der Waals surface area (Å²) in [6, 6.07) is 8.35. The Kier molecular flexibility index (Phi) is 4.83. The molecule has 7 heteroatoms. The van der Waals surface area contributed by atoms with Crippen molar-refractivity contribution in [3.63, 3.8) is 0 Å². The molecule has 1 saturated heterocycles. The predicted octanol–water partition coefficient (Wildman–Crippen LogP) is 2.69. The van der Waals surface area contributed by atoms with Crippen molar-refractivity contribution in [2.45, 2.75) is 52.2 Å². The molecule has 152 valence electrons. The third-order valence-electron chi connectivity index (χ3n) is 6.09. The van der Waals surface area contributed by atoms with Gasteiger partial charge in [0.15, 0.2) is 0 Å². The van der Waals surface area contributed by atoms with Crippen molar-refractivity contribution in [2.24, 2.45) is 0 Å². The fourth-order valence-corrected chi connectivity index (χ4v) is 4.61. The van der Waals surface area contributed by atoms with E-state index in [2.05, 4.69) is 44.5 Å². The quantitative estimate of drug-likeness (QED) is 0.723. The molecule has 1 N–H and O–H groups in total. The summed E-state index contributed by atoms with van der Waals surface area (Å²) in [6.07, 6.45) is 4.15. The number of hydrogen-bond acceptors (Lipinski definition) is 5. The molecule has 0 aliphatic carbocycles. The average molecular weight is 393 g/mol. The van der Waals surface area contributed by atoms with Crippen LogP contribution in [0.5, 0.6) is 0 Å². The normalized spacial score (nSPS) is 17.2. The molecular formula is C22H28N6O. The molecule has 1 aromatic carbocycles. The van der Waals surface area contributed by atoms with Crippen LogP contribution in [0.2, 0.25) is 0 Å². The number of benzene rings is 1. The summed E-state index contributed by atoms with van der Waals surface area (Å²) in [5, 5.41) is 0. The summed E-state index contributed by atoms with van der Waals surface area (Å²) in [4.78, 5) is 29.9. The topological polar surface area (TPSA) is 70.1 Å². The zero-order valence-corrected chi connectivity index (χ0v) is 17.0. The molecule has 4 heterocycles. The number of fused-ring (bicyclic) bond motifs is 2. The largest absolute Gasteiger partial charge is 0.342 e. The highest BCUT2D eigenvalue weighted by atomic mass is 16.1. The Morgan fingerprint density at radius 2 is 1.93 bits per heavy atom. The molecule has 0 spiro atoms. The van der Waals surface area contributed by atoms with Crippen LogP contribution in [0.15, 0.2) is 29.1 Å². The van der Waals surface area contributed by atoms with Crippen molar-refractivity contribution >= 4 is 17.0 Å². The number of H-pyrrole nitrogens is 1. The number of para-hydroxylation sites is 2. The number of aromatic nitrogens is 4. The number of hydrogen-bond donors (Lipinski definition) is 1. The van der Waals surface area contributed by atoms with Crippen LogP contribution < -0.4 is 10.5 Å². The zero-order valence-electron chi connectivity index (χ0n) is 17.0. The minimum absolute atomic E-state index is 0.0368. The highest BCUT2D eigenvalue weighted by Crippen LogP contribution is 2.22. The van der Waals surface area contributed by atoms with Gasteiger partial charge >= 0.3 is 0 Å². The number of aromatic amines is 1. The molecule has 0 bridgehead atoms. The first kappa shape index (κ1) is 18.4. The molecule has 2 aliphatic heterocycles. The van der Waals surface area contributed by atoms with Gasteiger partial charge in [0.25, 0.3) is 5.56 Å². The van der Waals surface area contributed by atoms with E-state index in [1.54, 1.807) is 0 Å². The summed E-state index contributed by atoms with van der Waals surface area (Å²) < 4.78 is 2.34. The first-order valence-electron chi connectivity index (χ1n) is 10.8. The van der Waals surface area contributed by atoms with Gasteiger partial charge in [-0.1, -0.05) is 19.1 Å². The molecule has 7 nitrogen and oxygen atoms in total. The maximum Gasteiger partial charge on any atom is 0.255 e. The molecule has 0 unspecified atom stereocenters. The molecule has 0 atom stereocenters. The van der Waals surface area contributed by atoms with E-state index in [-0.39, 0.29) is 5.56 Å². The third kappa shape index (κ3) is 3.44. The lowest BCUT2D eigenvalue weighted by atomic mass is 10.1. The van der Waals surface area contributed by atoms with E-state index in [1.807, 2.05) is 6.07 Å². The maximum absolute atomic E-state index is 12.6. The maximum atomic E-state index is 12.6. The Balaban J connectivity index is 1.42. The second-order valence-corrected chi connectivity index (χ2v) is 8.14. The minimum Gasteiger partial charge on any atom is -0.342 e. The molecule has 5 rings (SSSR count). The lowest BCUT2D eigenvalue weighted by Gasteiger charge is -2.28. The van der Waals surface area contributed by atoms with Crippen LogP contribution in [-0.4, -0.2) is 44.1 Å². The van der Waals surface area contributed by atoms with Gasteiger partial charge in [-0.3, -0.25) is 14.7 Å². The second kappa shape index (κ2) is 7.63. The van der Waals surface area contributed by atoms with Crippen LogP contribution >= 0.6 is 0 Å². The number of imidazole rings is 1. The van der Waals surface area contributed by atoms with Gasteiger partial charge in [-0.15, -0.1) is 0 Å². The fourth-order valence-electron chi connectivity index (χ4n) is 4.61. The van der Waals surface area contributed by atoms with Crippen LogP contribution in [0, 0.1) is 0 Å². The first-order chi connectivity index (χ1) is 14.2. The summed E-state index contributed by atoms with van der Waals surface area (Å²) in [6.45, 7) is 7.47. The van der Waals surface area contributed by atoms with Crippen molar-refractivity contribution in [1.29, 1.82) is 0 Å². The first-order valence-corrected chi connectivity index (χ1v) is 10.8. The highest BCUT2D eigenvalue weighted by Gasteiger charge is 2.24. The van der Waals surface area contributed by atoms with E-state index in [0.29, 0.717) is 6.54 Å². The van der Waals surface area contributed by atoms with Crippen molar-refractivity contribution < 1.29 is 0 Å². The Morgan fingerprint density at radius 1 is 1.10 bits per heavy atom. The molecule has 0 saturated carbocycles. The van der Waals surface area contributed by atoms with Gasteiger partial charge in [-0.05, 0) is 37.8 Å². The van der Waals surface area contributed by atoms with E-state index in [0.717, 1.165) is 74.1 Å². The van der Waals surface area contributed by atoms with Gasteiger partial charge in [-0.2, -0.15) is 0 Å². The van der Waals surface area contributed by atoms with Crippen molar-refractivity contribution in [3.8, 4) is 0 Å². The van der Waals surface area contributed by atoms with Gasteiger partial charge in [-0.25, -0.2) is 9.97 Å². The van der Waals surface area contributed by atoms with Crippen LogP contribution in [0.4, 0.5) is 5.95 Å². The molecule has 0 radical (unpaired) electrons. The standard InChI is InChI=1S/C22H28N6O/c1-2-10-28-19-8-4-3-7-17(19)23-20(28)15-26-13-9-16-18(14-26)24-22(25-21(16)29)27-11-5-6-12-27/h3-4,7-8H,2,5-6,9-15H2,1H3,(H,24,25,29). The molecule has 3 aromatic rings. The van der Waals surface area contributed by atoms with Crippen LogP contribution in [0.1, 0.15) is 43.3 Å². The average Bonchev–Trinajstić information content (AvgIpc) is 3.37. The Labute approximate surface area is 170 Å². The van der Waals surface area contributed by atoms with Crippen molar-refractivity contribution in [2.75, 3.05) is 24.5 Å². The van der Waals surface area contributed by atoms with E-state index < -0.39 is 0 Å². The van der Waals surface area contributed by atoms with E-state index in [9.17, 15) is 4.79 Å². The number of nitrogens with one attached hydrogen (secondary N) is 1. The number of anilines is 1. The molecule has 1 fully saturated rings. The second-order valence-electron chi connectivity index (χ2n) is 8.14. The van der Waals surface area contributed by atoms with Gasteiger partial charge in [0.05, 0.1) is 23.3 Å². The number of aryl methyl sites for hydroxylation is 1. The predicted molar refractivity (Wildman–Crippen MR) is 114 cm³/mol. The molecule has 0 amide bonds. The van der Waals surface area contributed by atoms with Crippen molar-refractivity contribution in [1.82, 2.24) is 24.4 Å². The molecule has 29 heavy (non-hydrogen) atoms. The minimum atomic E-state index is 0.0368. The lowest BCUT2D eigenvalue weighted by molar-refractivity contribution is 0.231. The van der Waals surface area contributed by atoms with E-state index in [4.69, 9.17) is 9.97 Å². The monoisotopic (exact) mass is 392 g/mol. The smallest absolute Gasteiger partial charge is 0.255 e. The zero-order chi connectivity index (χ0) is 19.8. The fraction of sp³-hybridized carbons (Fsp3) is 0.500. The van der Waals surface area contributed by atoms with Gasteiger partial charge in [0, 0.05) is 38.3 Å². The molecule has 2 aromatic heterocycles. The lowest BCUT2D eigenvalue weighted by Crippen LogP contribution is -2.36. The molecule has 2 aliphatic rings. The van der Waals surface area contributed by atoms with Gasteiger partial charge < -0.3 is 9.47 Å². The highest BCUT2D eigenvalue weighted by molar-refractivity contribution is 5.75.